The fraction of sp³-hybridized carbons (Fsp3) is 0.0556. The van der Waals surface area contributed by atoms with Crippen molar-refractivity contribution in [2.24, 2.45) is 0 Å². The van der Waals surface area contributed by atoms with Crippen LogP contribution in [-0.4, -0.2) is 10.8 Å². The van der Waals surface area contributed by atoms with Crippen molar-refractivity contribution in [1.82, 2.24) is 5.32 Å². The number of hydrogen-bond donors (Lipinski definition) is 1. The van der Waals surface area contributed by atoms with Gasteiger partial charge in [0.1, 0.15) is 17.4 Å². The first-order valence-electron chi connectivity index (χ1n) is 7.29. The zero-order chi connectivity index (χ0) is 16.9. The van der Waals surface area contributed by atoms with Crippen molar-refractivity contribution in [3.05, 3.63) is 100.0 Å². The molecule has 120 valence electrons. The highest BCUT2D eigenvalue weighted by Crippen LogP contribution is 2.24. The summed E-state index contributed by atoms with van der Waals surface area (Å²) >= 11 is 0. The summed E-state index contributed by atoms with van der Waals surface area (Å²) in [6.45, 7) is 0. The molecule has 1 heterocycles. The summed E-state index contributed by atoms with van der Waals surface area (Å²) in [5, 5.41) is 13.9. The molecule has 1 amide bonds. The Bertz CT molecular complexity index is 844. The van der Waals surface area contributed by atoms with Crippen molar-refractivity contribution in [3.63, 3.8) is 0 Å². The maximum Gasteiger partial charge on any atom is 0.282 e. The van der Waals surface area contributed by atoms with Crippen molar-refractivity contribution in [2.45, 2.75) is 6.04 Å². The zero-order valence-electron chi connectivity index (χ0n) is 12.6. The van der Waals surface area contributed by atoms with Gasteiger partial charge in [-0.2, -0.15) is 0 Å². The number of nitro benzene ring substituents is 1. The third kappa shape index (κ3) is 3.17. The maximum absolute atomic E-state index is 12.6. The van der Waals surface area contributed by atoms with Gasteiger partial charge in [0.25, 0.3) is 11.6 Å². The van der Waals surface area contributed by atoms with Crippen LogP contribution in [0.2, 0.25) is 0 Å². The van der Waals surface area contributed by atoms with Gasteiger partial charge in [-0.05, 0) is 23.8 Å². The molecule has 6 nitrogen and oxygen atoms in total. The number of nitrogens with zero attached hydrogens (tertiary/aromatic N) is 1. The minimum atomic E-state index is -0.570. The molecule has 0 aliphatic heterocycles. The molecule has 1 aromatic heterocycles. The molecule has 1 N–H and O–H groups in total. The lowest BCUT2D eigenvalue weighted by molar-refractivity contribution is -0.385. The van der Waals surface area contributed by atoms with E-state index < -0.39 is 16.9 Å². The van der Waals surface area contributed by atoms with Crippen LogP contribution in [0, 0.1) is 10.1 Å². The van der Waals surface area contributed by atoms with E-state index in [9.17, 15) is 14.9 Å². The van der Waals surface area contributed by atoms with Crippen LogP contribution >= 0.6 is 0 Å². The van der Waals surface area contributed by atoms with E-state index in [1.807, 2.05) is 30.3 Å². The Hall–Kier alpha value is -3.41. The quantitative estimate of drug-likeness (QED) is 0.573. The van der Waals surface area contributed by atoms with E-state index >= 15 is 0 Å². The first kappa shape index (κ1) is 15.5. The second-order valence-electron chi connectivity index (χ2n) is 5.11. The minimum absolute atomic E-state index is 0.00925. The van der Waals surface area contributed by atoms with Crippen LogP contribution in [0.15, 0.2) is 77.4 Å². The van der Waals surface area contributed by atoms with Gasteiger partial charge in [0.2, 0.25) is 0 Å². The Kier molecular flexibility index (Phi) is 4.38. The van der Waals surface area contributed by atoms with Crippen LogP contribution in [0.1, 0.15) is 27.7 Å². The van der Waals surface area contributed by atoms with Crippen LogP contribution in [0.4, 0.5) is 5.69 Å². The molecule has 3 aromatic rings. The van der Waals surface area contributed by atoms with Crippen molar-refractivity contribution >= 4 is 11.6 Å². The zero-order valence-corrected chi connectivity index (χ0v) is 12.6. The molecule has 0 fully saturated rings. The van der Waals surface area contributed by atoms with Gasteiger partial charge in [-0.25, -0.2) is 0 Å². The molecule has 2 aromatic carbocycles. The lowest BCUT2D eigenvalue weighted by Crippen LogP contribution is -2.29. The number of hydrogen-bond acceptors (Lipinski definition) is 4. The molecule has 6 heteroatoms. The summed E-state index contributed by atoms with van der Waals surface area (Å²) in [4.78, 5) is 23.1. The van der Waals surface area contributed by atoms with Gasteiger partial charge in [-0.1, -0.05) is 42.5 Å². The Balaban J connectivity index is 1.94. The first-order chi connectivity index (χ1) is 11.7. The molecule has 0 saturated carbocycles. The van der Waals surface area contributed by atoms with E-state index in [2.05, 4.69) is 5.32 Å². The summed E-state index contributed by atoms with van der Waals surface area (Å²) in [7, 11) is 0. The lowest BCUT2D eigenvalue weighted by Gasteiger charge is -2.17. The molecule has 0 saturated heterocycles. The summed E-state index contributed by atoms with van der Waals surface area (Å²) in [5.41, 5.74) is 0.593. The molecular weight excluding hydrogens is 308 g/mol. The summed E-state index contributed by atoms with van der Waals surface area (Å²) < 4.78 is 5.42. The summed E-state index contributed by atoms with van der Waals surface area (Å²) in [5.74, 6) is 0.0145. The third-order valence-corrected chi connectivity index (χ3v) is 3.58. The van der Waals surface area contributed by atoms with Gasteiger partial charge < -0.3 is 9.73 Å². The number of nitrogens with one attached hydrogen (secondary N) is 1. The first-order valence-corrected chi connectivity index (χ1v) is 7.29. The molecule has 0 bridgehead atoms. The topological polar surface area (TPSA) is 85.4 Å². The predicted octanol–water partition coefficient (Wildman–Crippen LogP) is 3.71. The number of amides is 1. The monoisotopic (exact) mass is 322 g/mol. The molecule has 0 spiro atoms. The van der Waals surface area contributed by atoms with Crippen LogP contribution in [0.5, 0.6) is 0 Å². The number of nitro groups is 1. The van der Waals surface area contributed by atoms with Crippen molar-refractivity contribution in [1.29, 1.82) is 0 Å². The molecular formula is C18H14N2O4. The third-order valence-electron chi connectivity index (χ3n) is 3.58. The highest BCUT2D eigenvalue weighted by Gasteiger charge is 2.24. The predicted molar refractivity (Wildman–Crippen MR) is 87.6 cm³/mol. The van der Waals surface area contributed by atoms with Gasteiger partial charge >= 0.3 is 0 Å². The SMILES string of the molecule is O=C(NC(c1ccccc1)c1ccco1)c1ccccc1[N+](=O)[O-]. The maximum atomic E-state index is 12.6. The molecule has 0 aliphatic rings. The smallest absolute Gasteiger partial charge is 0.282 e. The summed E-state index contributed by atoms with van der Waals surface area (Å²) in [6.07, 6.45) is 1.52. The second kappa shape index (κ2) is 6.78. The number of carbonyl (C=O) groups excluding carboxylic acids is 1. The molecule has 24 heavy (non-hydrogen) atoms. The number of furan rings is 1. The minimum Gasteiger partial charge on any atom is -0.467 e. The van der Waals surface area contributed by atoms with Gasteiger partial charge in [-0.3, -0.25) is 14.9 Å². The largest absolute Gasteiger partial charge is 0.467 e. The van der Waals surface area contributed by atoms with E-state index in [-0.39, 0.29) is 11.3 Å². The van der Waals surface area contributed by atoms with Gasteiger partial charge in [-0.15, -0.1) is 0 Å². The van der Waals surface area contributed by atoms with Crippen LogP contribution in [0.3, 0.4) is 0 Å². The van der Waals surface area contributed by atoms with Gasteiger partial charge in [0, 0.05) is 6.07 Å². The Morgan fingerprint density at radius 3 is 2.38 bits per heavy atom. The van der Waals surface area contributed by atoms with Crippen LogP contribution in [0.25, 0.3) is 0 Å². The van der Waals surface area contributed by atoms with E-state index in [4.69, 9.17) is 4.42 Å². The fourth-order valence-electron chi connectivity index (χ4n) is 2.45. The number of para-hydroxylation sites is 1. The number of carbonyl (C=O) groups is 1. The molecule has 1 unspecified atom stereocenters. The molecule has 3 rings (SSSR count). The van der Waals surface area contributed by atoms with Crippen molar-refractivity contribution < 1.29 is 14.1 Å². The lowest BCUT2D eigenvalue weighted by atomic mass is 10.0. The average molecular weight is 322 g/mol. The normalized spacial score (nSPS) is 11.7. The van der Waals surface area contributed by atoms with Crippen LogP contribution in [-0.2, 0) is 0 Å². The highest BCUT2D eigenvalue weighted by atomic mass is 16.6. The van der Waals surface area contributed by atoms with Crippen molar-refractivity contribution in [2.75, 3.05) is 0 Å². The van der Waals surface area contributed by atoms with Crippen molar-refractivity contribution in [3.8, 4) is 0 Å². The number of rotatable bonds is 5. The molecule has 0 aliphatic carbocycles. The van der Waals surface area contributed by atoms with E-state index in [1.54, 1.807) is 18.2 Å². The van der Waals surface area contributed by atoms with Gasteiger partial charge in [0.15, 0.2) is 0 Å². The number of benzene rings is 2. The molecule has 0 radical (unpaired) electrons. The fourth-order valence-corrected chi connectivity index (χ4v) is 2.45. The summed E-state index contributed by atoms with van der Waals surface area (Å²) in [6, 6.07) is 18.1. The second-order valence-corrected chi connectivity index (χ2v) is 5.11. The van der Waals surface area contributed by atoms with E-state index in [0.717, 1.165) is 5.56 Å². The Morgan fingerprint density at radius 2 is 1.71 bits per heavy atom. The highest BCUT2D eigenvalue weighted by molar-refractivity contribution is 5.98. The van der Waals surface area contributed by atoms with E-state index in [0.29, 0.717) is 5.76 Å². The van der Waals surface area contributed by atoms with Crippen LogP contribution < -0.4 is 5.32 Å². The Morgan fingerprint density at radius 1 is 1.00 bits per heavy atom. The van der Waals surface area contributed by atoms with Gasteiger partial charge in [0.05, 0.1) is 11.2 Å². The standard InChI is InChI=1S/C18H14N2O4/c21-18(14-9-4-5-10-15(14)20(22)23)19-17(16-11-6-12-24-16)13-7-2-1-3-8-13/h1-12,17H,(H,19,21). The average Bonchev–Trinajstić information content (AvgIpc) is 3.14. The van der Waals surface area contributed by atoms with E-state index in [1.165, 1.54) is 24.5 Å². The molecule has 1 atom stereocenters. The Labute approximate surface area is 137 Å².